The van der Waals surface area contributed by atoms with E-state index < -0.39 is 17.5 Å². The van der Waals surface area contributed by atoms with Crippen molar-refractivity contribution in [3.63, 3.8) is 0 Å². The summed E-state index contributed by atoms with van der Waals surface area (Å²) in [6.07, 6.45) is 0.884. The minimum atomic E-state index is -0.694. The maximum absolute atomic E-state index is 14.3. The SMILES string of the molecule is O=C1Nc2cc(N3CCc4sccc4C3)c(F)cc2C1=O. The predicted octanol–water partition coefficient (Wildman–Crippen LogP) is 2.58. The number of halogens is 1. The molecule has 0 fully saturated rings. The van der Waals surface area contributed by atoms with Gasteiger partial charge in [-0.05, 0) is 35.6 Å². The molecule has 0 unspecified atom stereocenters. The van der Waals surface area contributed by atoms with Crippen LogP contribution in [0.1, 0.15) is 20.8 Å². The van der Waals surface area contributed by atoms with Crippen LogP contribution in [-0.4, -0.2) is 18.2 Å². The molecule has 4 rings (SSSR count). The van der Waals surface area contributed by atoms with E-state index in [4.69, 9.17) is 0 Å². The van der Waals surface area contributed by atoms with Crippen molar-refractivity contribution >= 4 is 34.4 Å². The predicted molar refractivity (Wildman–Crippen MR) is 78.4 cm³/mol. The molecule has 0 bridgehead atoms. The van der Waals surface area contributed by atoms with Crippen LogP contribution >= 0.6 is 11.3 Å². The Kier molecular flexibility index (Phi) is 2.62. The monoisotopic (exact) mass is 302 g/mol. The first kappa shape index (κ1) is 12.5. The second-order valence-corrected chi connectivity index (χ2v) is 6.17. The van der Waals surface area contributed by atoms with Gasteiger partial charge in [-0.2, -0.15) is 0 Å². The number of anilines is 2. The molecule has 1 amide bonds. The molecular weight excluding hydrogens is 291 g/mol. The van der Waals surface area contributed by atoms with E-state index >= 15 is 0 Å². The van der Waals surface area contributed by atoms with Crippen LogP contribution in [0.3, 0.4) is 0 Å². The van der Waals surface area contributed by atoms with E-state index in [0.717, 1.165) is 19.0 Å². The number of ketones is 1. The number of amides is 1. The fraction of sp³-hybridized carbons (Fsp3) is 0.200. The van der Waals surface area contributed by atoms with E-state index in [2.05, 4.69) is 11.4 Å². The summed E-state index contributed by atoms with van der Waals surface area (Å²) in [5, 5.41) is 4.54. The molecule has 0 atom stereocenters. The van der Waals surface area contributed by atoms with Gasteiger partial charge in [-0.25, -0.2) is 4.39 Å². The van der Waals surface area contributed by atoms with Gasteiger partial charge in [-0.15, -0.1) is 11.3 Å². The van der Waals surface area contributed by atoms with Crippen molar-refractivity contribution < 1.29 is 14.0 Å². The third kappa shape index (κ3) is 1.86. The number of Topliss-reactive ketones (excluding diaryl/α,β-unsaturated/α-hetero) is 1. The van der Waals surface area contributed by atoms with Crippen molar-refractivity contribution in [1.82, 2.24) is 0 Å². The summed E-state index contributed by atoms with van der Waals surface area (Å²) in [4.78, 5) is 26.2. The van der Waals surface area contributed by atoms with Crippen molar-refractivity contribution in [3.8, 4) is 0 Å². The number of carbonyl (C=O) groups is 2. The molecule has 2 aliphatic rings. The van der Waals surface area contributed by atoms with Gasteiger partial charge in [0.15, 0.2) is 0 Å². The van der Waals surface area contributed by atoms with E-state index in [1.54, 1.807) is 17.4 Å². The Labute approximate surface area is 124 Å². The molecule has 4 nitrogen and oxygen atoms in total. The summed E-state index contributed by atoms with van der Waals surface area (Å²) in [5.41, 5.74) is 2.17. The Morgan fingerprint density at radius 1 is 1.29 bits per heavy atom. The first-order chi connectivity index (χ1) is 10.1. The van der Waals surface area contributed by atoms with Gasteiger partial charge in [-0.3, -0.25) is 9.59 Å². The van der Waals surface area contributed by atoms with Gasteiger partial charge in [0, 0.05) is 18.0 Å². The zero-order chi connectivity index (χ0) is 14.6. The molecule has 2 aliphatic heterocycles. The summed E-state index contributed by atoms with van der Waals surface area (Å²) in [5.74, 6) is -1.83. The van der Waals surface area contributed by atoms with Gasteiger partial charge in [0.25, 0.3) is 11.7 Å². The van der Waals surface area contributed by atoms with Crippen LogP contribution in [0.25, 0.3) is 0 Å². The lowest BCUT2D eigenvalue weighted by molar-refractivity contribution is -0.112. The molecule has 21 heavy (non-hydrogen) atoms. The largest absolute Gasteiger partial charge is 0.364 e. The number of rotatable bonds is 1. The van der Waals surface area contributed by atoms with Crippen LogP contribution in [-0.2, 0) is 17.8 Å². The first-order valence-electron chi connectivity index (χ1n) is 6.63. The third-order valence-electron chi connectivity index (χ3n) is 3.93. The van der Waals surface area contributed by atoms with E-state index in [-0.39, 0.29) is 5.56 Å². The van der Waals surface area contributed by atoms with Gasteiger partial charge in [0.1, 0.15) is 5.82 Å². The number of fused-ring (bicyclic) bond motifs is 2. The minimum absolute atomic E-state index is 0.120. The van der Waals surface area contributed by atoms with E-state index in [9.17, 15) is 14.0 Å². The van der Waals surface area contributed by atoms with Crippen LogP contribution in [0.2, 0.25) is 0 Å². The number of hydrogen-bond donors (Lipinski definition) is 1. The molecule has 1 N–H and O–H groups in total. The number of thiophene rings is 1. The highest BCUT2D eigenvalue weighted by Gasteiger charge is 2.31. The van der Waals surface area contributed by atoms with Crippen molar-refractivity contribution in [2.75, 3.05) is 16.8 Å². The number of benzene rings is 1. The quantitative estimate of drug-likeness (QED) is 0.824. The normalized spacial score (nSPS) is 16.7. The lowest BCUT2D eigenvalue weighted by atomic mass is 10.1. The molecule has 1 aromatic heterocycles. The molecule has 0 aliphatic carbocycles. The average molecular weight is 302 g/mol. The molecule has 0 spiro atoms. The Morgan fingerprint density at radius 3 is 3.00 bits per heavy atom. The smallest absolute Gasteiger partial charge is 0.296 e. The average Bonchev–Trinajstić information content (AvgIpc) is 3.04. The summed E-state index contributed by atoms with van der Waals surface area (Å²) >= 11 is 1.73. The van der Waals surface area contributed by atoms with Crippen LogP contribution in [0.4, 0.5) is 15.8 Å². The van der Waals surface area contributed by atoms with Gasteiger partial charge in [-0.1, -0.05) is 0 Å². The Balaban J connectivity index is 1.73. The third-order valence-corrected chi connectivity index (χ3v) is 4.96. The minimum Gasteiger partial charge on any atom is -0.364 e. The summed E-state index contributed by atoms with van der Waals surface area (Å²) < 4.78 is 14.3. The van der Waals surface area contributed by atoms with Gasteiger partial charge in [0.2, 0.25) is 0 Å². The van der Waals surface area contributed by atoms with Crippen LogP contribution in [0.15, 0.2) is 23.6 Å². The maximum Gasteiger partial charge on any atom is 0.296 e. The maximum atomic E-state index is 14.3. The lowest BCUT2D eigenvalue weighted by Crippen LogP contribution is -2.30. The number of hydrogen-bond acceptors (Lipinski definition) is 4. The molecule has 3 heterocycles. The number of nitrogens with zero attached hydrogens (tertiary/aromatic N) is 1. The van der Waals surface area contributed by atoms with E-state index in [1.165, 1.54) is 10.4 Å². The fourth-order valence-corrected chi connectivity index (χ4v) is 3.74. The second kappa shape index (κ2) is 4.39. The highest BCUT2D eigenvalue weighted by Crippen LogP contribution is 2.34. The Bertz CT molecular complexity index is 784. The van der Waals surface area contributed by atoms with Gasteiger partial charge >= 0.3 is 0 Å². The zero-order valence-corrected chi connectivity index (χ0v) is 11.8. The van der Waals surface area contributed by atoms with Gasteiger partial charge in [0.05, 0.1) is 16.9 Å². The Morgan fingerprint density at radius 2 is 2.14 bits per heavy atom. The molecule has 1 aromatic carbocycles. The van der Waals surface area contributed by atoms with Crippen molar-refractivity contribution in [2.24, 2.45) is 0 Å². The molecule has 0 saturated carbocycles. The highest BCUT2D eigenvalue weighted by atomic mass is 32.1. The number of nitrogens with one attached hydrogen (secondary N) is 1. The first-order valence-corrected chi connectivity index (χ1v) is 7.51. The standard InChI is InChI=1S/C15H11FN2O2S/c16-10-5-9-11(17-15(20)14(9)19)6-12(10)18-3-1-13-8(7-18)2-4-21-13/h2,4-6H,1,3,7H2,(H,17,19,20). The molecule has 6 heteroatoms. The zero-order valence-electron chi connectivity index (χ0n) is 11.0. The van der Waals surface area contributed by atoms with E-state index in [1.807, 2.05) is 10.3 Å². The van der Waals surface area contributed by atoms with E-state index in [0.29, 0.717) is 17.9 Å². The van der Waals surface area contributed by atoms with Crippen molar-refractivity contribution in [1.29, 1.82) is 0 Å². The van der Waals surface area contributed by atoms with Crippen molar-refractivity contribution in [2.45, 2.75) is 13.0 Å². The van der Waals surface area contributed by atoms with Crippen LogP contribution < -0.4 is 10.2 Å². The number of carbonyl (C=O) groups excluding carboxylic acids is 2. The van der Waals surface area contributed by atoms with Crippen LogP contribution in [0, 0.1) is 5.82 Å². The molecule has 106 valence electrons. The lowest BCUT2D eigenvalue weighted by Gasteiger charge is -2.29. The molecule has 2 aromatic rings. The molecule has 0 radical (unpaired) electrons. The summed E-state index contributed by atoms with van der Waals surface area (Å²) in [6.45, 7) is 1.38. The molecule has 0 saturated heterocycles. The van der Waals surface area contributed by atoms with Gasteiger partial charge < -0.3 is 10.2 Å². The topological polar surface area (TPSA) is 49.4 Å². The van der Waals surface area contributed by atoms with Crippen molar-refractivity contribution in [3.05, 3.63) is 45.4 Å². The Hall–Kier alpha value is -2.21. The molecular formula is C15H11FN2O2S. The fourth-order valence-electron chi connectivity index (χ4n) is 2.85. The second-order valence-electron chi connectivity index (χ2n) is 5.17. The highest BCUT2D eigenvalue weighted by molar-refractivity contribution is 7.10. The summed E-state index contributed by atoms with van der Waals surface area (Å²) in [6, 6.07) is 4.78. The van der Waals surface area contributed by atoms with Crippen LogP contribution in [0.5, 0.6) is 0 Å². The summed E-state index contributed by atoms with van der Waals surface area (Å²) in [7, 11) is 0.